The summed E-state index contributed by atoms with van der Waals surface area (Å²) in [6, 6.07) is 18.7. The maximum absolute atomic E-state index is 5.24. The number of aromatic nitrogens is 2. The predicted octanol–water partition coefficient (Wildman–Crippen LogP) is 4.33. The molecule has 124 valence electrons. The third kappa shape index (κ3) is 5.74. The molecule has 3 rings (SSSR count). The van der Waals surface area contributed by atoms with E-state index in [1.807, 2.05) is 54.6 Å². The molecule has 0 aliphatic heterocycles. The minimum absolute atomic E-state index is 0.683. The summed E-state index contributed by atoms with van der Waals surface area (Å²) in [5, 5.41) is 4.34. The van der Waals surface area contributed by atoms with Crippen LogP contribution in [0, 0.1) is 0 Å². The van der Waals surface area contributed by atoms with Crippen molar-refractivity contribution in [1.82, 2.24) is 9.97 Å². The molecular weight excluding hydrogens is 336 g/mol. The first-order valence-electron chi connectivity index (χ1n) is 7.37. The first-order valence-corrected chi connectivity index (χ1v) is 8.19. The van der Waals surface area contributed by atoms with Crippen molar-refractivity contribution in [2.75, 3.05) is 0 Å². The van der Waals surface area contributed by atoms with E-state index >= 15 is 0 Å². The van der Waals surface area contributed by atoms with E-state index in [0.29, 0.717) is 10.9 Å². The molecule has 0 saturated heterocycles. The van der Waals surface area contributed by atoms with Crippen molar-refractivity contribution >= 4 is 30.3 Å². The molecule has 0 bridgehead atoms. The van der Waals surface area contributed by atoms with E-state index in [0.717, 1.165) is 10.6 Å². The van der Waals surface area contributed by atoms with Crippen LogP contribution in [0.25, 0.3) is 0 Å². The third-order valence-corrected chi connectivity index (χ3v) is 3.77. The molecular formula is C18H14N4O2S. The van der Waals surface area contributed by atoms with Gasteiger partial charge in [0.15, 0.2) is 5.16 Å². The Labute approximate surface area is 149 Å². The van der Waals surface area contributed by atoms with E-state index in [-0.39, 0.29) is 0 Å². The van der Waals surface area contributed by atoms with Gasteiger partial charge < -0.3 is 9.57 Å². The number of benzene rings is 2. The summed E-state index contributed by atoms with van der Waals surface area (Å²) < 4.78 is 5.24. The fourth-order valence-corrected chi connectivity index (χ4v) is 2.47. The van der Waals surface area contributed by atoms with Gasteiger partial charge in [-0.3, -0.25) is 0 Å². The van der Waals surface area contributed by atoms with E-state index in [9.17, 15) is 0 Å². The number of nitrogens with zero attached hydrogens (tertiary/aromatic N) is 4. The second kappa shape index (κ2) is 9.19. The summed E-state index contributed by atoms with van der Waals surface area (Å²) in [6.45, 7) is 0. The lowest BCUT2D eigenvalue weighted by atomic mass is 10.3. The van der Waals surface area contributed by atoms with E-state index < -0.39 is 0 Å². The second-order valence-corrected chi connectivity index (χ2v) is 5.65. The summed E-state index contributed by atoms with van der Waals surface area (Å²) in [6.07, 6.45) is 5.88. The van der Waals surface area contributed by atoms with Gasteiger partial charge in [-0.05, 0) is 59.4 Å². The Hall–Kier alpha value is -3.19. The molecule has 2 aromatic carbocycles. The van der Waals surface area contributed by atoms with Crippen molar-refractivity contribution in [2.45, 2.75) is 10.1 Å². The molecule has 1 aromatic heterocycles. The molecule has 0 N–H and O–H groups in total. The molecule has 7 heteroatoms. The summed E-state index contributed by atoms with van der Waals surface area (Å²) in [7, 11) is 0. The van der Waals surface area contributed by atoms with Crippen molar-refractivity contribution in [3.63, 3.8) is 0 Å². The number of para-hydroxylation sites is 1. The highest BCUT2D eigenvalue weighted by molar-refractivity contribution is 7.99. The number of hydrogen-bond donors (Lipinski definition) is 0. The molecule has 25 heavy (non-hydrogen) atoms. The monoisotopic (exact) mass is 350 g/mol. The van der Waals surface area contributed by atoms with Gasteiger partial charge in [0, 0.05) is 17.3 Å². The molecule has 0 spiro atoms. The smallest absolute Gasteiger partial charge is 0.219 e. The first-order chi connectivity index (χ1) is 12.4. The Morgan fingerprint density at radius 2 is 1.60 bits per heavy atom. The summed E-state index contributed by atoms with van der Waals surface area (Å²) in [5.41, 5.74) is 0.748. The van der Waals surface area contributed by atoms with Gasteiger partial charge in [0.25, 0.3) is 0 Å². The zero-order valence-electron chi connectivity index (χ0n) is 13.1. The molecule has 3 aromatic rings. The lowest BCUT2D eigenvalue weighted by Gasteiger charge is -1.99. The number of hydrogen-bond acceptors (Lipinski definition) is 7. The van der Waals surface area contributed by atoms with E-state index in [1.165, 1.54) is 24.6 Å². The minimum atomic E-state index is 0.683. The van der Waals surface area contributed by atoms with Crippen LogP contribution >= 0.6 is 11.8 Å². The van der Waals surface area contributed by atoms with Crippen LogP contribution in [0.4, 0.5) is 5.69 Å². The van der Waals surface area contributed by atoms with Gasteiger partial charge in [-0.2, -0.15) is 0 Å². The lowest BCUT2D eigenvalue weighted by Crippen LogP contribution is -1.90. The number of ether oxygens (including phenoxy) is 1. The molecule has 0 amide bonds. The van der Waals surface area contributed by atoms with Crippen molar-refractivity contribution in [3.8, 4) is 5.75 Å². The zero-order chi connectivity index (χ0) is 17.2. The number of aliphatic imine (C=N–C) groups is 1. The van der Waals surface area contributed by atoms with Crippen LogP contribution < -0.4 is 4.74 Å². The highest BCUT2D eigenvalue weighted by Crippen LogP contribution is 2.25. The van der Waals surface area contributed by atoms with Gasteiger partial charge in [0.2, 0.25) is 12.8 Å². The molecule has 0 fully saturated rings. The average Bonchev–Trinajstić information content (AvgIpc) is 2.67. The zero-order valence-corrected chi connectivity index (χ0v) is 13.9. The molecule has 0 atom stereocenters. The SMILES string of the molecule is C(=N\O/C=N/c1ccc(Sc2ncccn2)cc1)/Oc1ccccc1. The topological polar surface area (TPSA) is 69.0 Å². The normalized spacial score (nSPS) is 11.0. The van der Waals surface area contributed by atoms with E-state index in [1.54, 1.807) is 18.5 Å². The van der Waals surface area contributed by atoms with Crippen LogP contribution in [-0.4, -0.2) is 22.8 Å². The summed E-state index contributed by atoms with van der Waals surface area (Å²) in [5.74, 6) is 0.683. The van der Waals surface area contributed by atoms with Gasteiger partial charge in [0.1, 0.15) is 5.75 Å². The van der Waals surface area contributed by atoms with Crippen LogP contribution in [0.5, 0.6) is 5.75 Å². The standard InChI is InChI=1S/C18H14N4O2S/c1-2-5-16(6-3-1)23-14-22-24-13-21-15-7-9-17(10-8-15)25-18-19-11-4-12-20-18/h1-14H/b21-13+,22-14+. The van der Waals surface area contributed by atoms with E-state index in [4.69, 9.17) is 9.57 Å². The summed E-state index contributed by atoms with van der Waals surface area (Å²) in [4.78, 5) is 18.4. The van der Waals surface area contributed by atoms with Crippen LogP contribution in [-0.2, 0) is 4.84 Å². The van der Waals surface area contributed by atoms with Crippen LogP contribution in [0.15, 0.2) is 93.3 Å². The molecule has 0 aliphatic rings. The molecule has 0 saturated carbocycles. The van der Waals surface area contributed by atoms with E-state index in [2.05, 4.69) is 20.1 Å². The molecule has 6 nitrogen and oxygen atoms in total. The van der Waals surface area contributed by atoms with Crippen LogP contribution in [0.3, 0.4) is 0 Å². The largest absolute Gasteiger partial charge is 0.442 e. The quantitative estimate of drug-likeness (QED) is 0.275. The van der Waals surface area contributed by atoms with Gasteiger partial charge in [-0.1, -0.05) is 18.2 Å². The first kappa shape index (κ1) is 16.7. The Balaban J connectivity index is 1.45. The Bertz CT molecular complexity index is 825. The Kier molecular flexibility index (Phi) is 6.12. The van der Waals surface area contributed by atoms with Crippen molar-refractivity contribution in [3.05, 3.63) is 73.1 Å². The van der Waals surface area contributed by atoms with Crippen LogP contribution in [0.1, 0.15) is 0 Å². The molecule has 0 unspecified atom stereocenters. The molecule has 0 radical (unpaired) electrons. The lowest BCUT2D eigenvalue weighted by molar-refractivity contribution is 0.335. The average molecular weight is 350 g/mol. The maximum atomic E-state index is 5.24. The van der Waals surface area contributed by atoms with Crippen molar-refractivity contribution in [2.24, 2.45) is 10.1 Å². The fraction of sp³-hybridized carbons (Fsp3) is 0. The van der Waals surface area contributed by atoms with Crippen molar-refractivity contribution in [1.29, 1.82) is 0 Å². The van der Waals surface area contributed by atoms with Gasteiger partial charge in [-0.25, -0.2) is 15.0 Å². The maximum Gasteiger partial charge on any atom is 0.219 e. The highest BCUT2D eigenvalue weighted by atomic mass is 32.2. The second-order valence-electron chi connectivity index (χ2n) is 4.61. The fourth-order valence-electron chi connectivity index (χ4n) is 1.76. The third-order valence-electron chi connectivity index (χ3n) is 2.87. The van der Waals surface area contributed by atoms with Gasteiger partial charge >= 0.3 is 0 Å². The number of rotatable bonds is 7. The Morgan fingerprint density at radius 3 is 2.36 bits per heavy atom. The van der Waals surface area contributed by atoms with Crippen molar-refractivity contribution < 1.29 is 9.57 Å². The van der Waals surface area contributed by atoms with Gasteiger partial charge in [-0.15, -0.1) is 0 Å². The van der Waals surface area contributed by atoms with Crippen LogP contribution in [0.2, 0.25) is 0 Å². The Morgan fingerprint density at radius 1 is 0.840 bits per heavy atom. The predicted molar refractivity (Wildman–Crippen MR) is 97.4 cm³/mol. The highest BCUT2D eigenvalue weighted by Gasteiger charge is 1.99. The minimum Gasteiger partial charge on any atom is -0.442 e. The number of oxime groups is 1. The molecule has 0 aliphatic carbocycles. The van der Waals surface area contributed by atoms with Gasteiger partial charge in [0.05, 0.1) is 5.69 Å². The molecule has 1 heterocycles. The summed E-state index contributed by atoms with van der Waals surface area (Å²) >= 11 is 1.48.